The summed E-state index contributed by atoms with van der Waals surface area (Å²) < 4.78 is 39.5. The van der Waals surface area contributed by atoms with Crippen LogP contribution in [0.25, 0.3) is 0 Å². The lowest BCUT2D eigenvalue weighted by molar-refractivity contribution is -0.275. The van der Waals surface area contributed by atoms with E-state index in [1.165, 1.54) is 6.33 Å². The molecule has 1 aromatic rings. The minimum absolute atomic E-state index is 0.143. The van der Waals surface area contributed by atoms with Crippen LogP contribution in [-0.2, 0) is 0 Å². The molecular weight excluding hydrogens is 197 g/mol. The van der Waals surface area contributed by atoms with E-state index in [-0.39, 0.29) is 17.4 Å². The molecule has 0 spiro atoms. The van der Waals surface area contributed by atoms with Gasteiger partial charge in [0, 0.05) is 0 Å². The molecule has 6 heteroatoms. The number of nitrogens with zero attached hydrogens (tertiary/aromatic N) is 2. The molecule has 0 amide bonds. The molecule has 14 heavy (non-hydrogen) atoms. The first-order chi connectivity index (χ1) is 6.40. The third-order valence-corrected chi connectivity index (χ3v) is 1.48. The van der Waals surface area contributed by atoms with E-state index < -0.39 is 6.36 Å². The molecule has 1 aromatic heterocycles. The minimum Gasteiger partial charge on any atom is -0.402 e. The summed E-state index contributed by atoms with van der Waals surface area (Å²) in [6.45, 7) is 3.46. The zero-order valence-corrected chi connectivity index (χ0v) is 7.67. The molecule has 0 saturated heterocycles. The van der Waals surface area contributed by atoms with Gasteiger partial charge in [0.1, 0.15) is 6.33 Å². The molecule has 0 radical (unpaired) electrons. The maximum atomic E-state index is 11.9. The van der Waals surface area contributed by atoms with Gasteiger partial charge < -0.3 is 4.74 Å². The molecule has 0 aliphatic heterocycles. The van der Waals surface area contributed by atoms with Gasteiger partial charge in [0.05, 0.1) is 11.9 Å². The molecule has 0 N–H and O–H groups in total. The highest BCUT2D eigenvalue weighted by molar-refractivity contribution is 5.26. The Bertz CT molecular complexity index is 312. The van der Waals surface area contributed by atoms with Crippen LogP contribution in [-0.4, -0.2) is 16.3 Å². The largest absolute Gasteiger partial charge is 0.573 e. The molecule has 0 unspecified atom stereocenters. The second-order valence-electron chi connectivity index (χ2n) is 2.97. The van der Waals surface area contributed by atoms with Gasteiger partial charge >= 0.3 is 6.36 Å². The Hall–Kier alpha value is -1.33. The van der Waals surface area contributed by atoms with Crippen molar-refractivity contribution >= 4 is 0 Å². The first-order valence-corrected chi connectivity index (χ1v) is 3.96. The summed E-state index contributed by atoms with van der Waals surface area (Å²) in [4.78, 5) is 7.20. The molecule has 1 rings (SSSR count). The molecule has 0 saturated carbocycles. The number of aromatic nitrogens is 2. The van der Waals surface area contributed by atoms with Crippen LogP contribution in [0.15, 0.2) is 12.5 Å². The fourth-order valence-electron chi connectivity index (χ4n) is 0.963. The van der Waals surface area contributed by atoms with Gasteiger partial charge in [-0.05, 0) is 5.92 Å². The highest BCUT2D eigenvalue weighted by atomic mass is 19.4. The van der Waals surface area contributed by atoms with Crippen molar-refractivity contribution in [1.29, 1.82) is 0 Å². The van der Waals surface area contributed by atoms with Crippen molar-refractivity contribution in [1.82, 2.24) is 9.97 Å². The van der Waals surface area contributed by atoms with E-state index in [0.29, 0.717) is 0 Å². The molecule has 0 atom stereocenters. The first kappa shape index (κ1) is 10.7. The van der Waals surface area contributed by atoms with E-state index in [4.69, 9.17) is 0 Å². The molecule has 0 fully saturated rings. The number of ether oxygens (including phenoxy) is 1. The highest BCUT2D eigenvalue weighted by Crippen LogP contribution is 2.28. The lowest BCUT2D eigenvalue weighted by Gasteiger charge is -2.13. The molecule has 0 bridgehead atoms. The predicted octanol–water partition coefficient (Wildman–Crippen LogP) is 2.50. The van der Waals surface area contributed by atoms with Crippen LogP contribution in [0.2, 0.25) is 0 Å². The standard InChI is InChI=1S/C8H9F3N2O/c1-5(2)7-6(3-12-4-13-7)14-8(9,10)11/h3-5H,1-2H3. The molecule has 78 valence electrons. The van der Waals surface area contributed by atoms with Crippen molar-refractivity contribution in [2.24, 2.45) is 0 Å². The molecule has 0 aromatic carbocycles. The van der Waals surface area contributed by atoms with Crippen LogP contribution in [0.4, 0.5) is 13.2 Å². The third-order valence-electron chi connectivity index (χ3n) is 1.48. The van der Waals surface area contributed by atoms with Gasteiger partial charge in [-0.3, -0.25) is 0 Å². The van der Waals surface area contributed by atoms with E-state index in [0.717, 1.165) is 6.20 Å². The number of hydrogen-bond donors (Lipinski definition) is 0. The van der Waals surface area contributed by atoms with Crippen molar-refractivity contribution < 1.29 is 17.9 Å². The Morgan fingerprint density at radius 1 is 1.36 bits per heavy atom. The maximum Gasteiger partial charge on any atom is 0.573 e. The Balaban J connectivity index is 2.96. The summed E-state index contributed by atoms with van der Waals surface area (Å²) in [5.41, 5.74) is 0.248. The number of halogens is 3. The summed E-state index contributed by atoms with van der Waals surface area (Å²) >= 11 is 0. The fourth-order valence-corrected chi connectivity index (χ4v) is 0.963. The van der Waals surface area contributed by atoms with E-state index >= 15 is 0 Å². The lowest BCUT2D eigenvalue weighted by Crippen LogP contribution is -2.19. The Labute approximate surface area is 78.9 Å². The van der Waals surface area contributed by atoms with Crippen molar-refractivity contribution in [3.05, 3.63) is 18.2 Å². The fraction of sp³-hybridized carbons (Fsp3) is 0.500. The minimum atomic E-state index is -4.70. The molecule has 1 heterocycles. The van der Waals surface area contributed by atoms with Gasteiger partial charge in [-0.1, -0.05) is 13.8 Å². The van der Waals surface area contributed by atoms with Crippen molar-refractivity contribution in [2.75, 3.05) is 0 Å². The van der Waals surface area contributed by atoms with Gasteiger partial charge in [0.15, 0.2) is 5.75 Å². The average Bonchev–Trinajstić information content (AvgIpc) is 2.01. The second-order valence-corrected chi connectivity index (χ2v) is 2.97. The monoisotopic (exact) mass is 206 g/mol. The van der Waals surface area contributed by atoms with Crippen LogP contribution in [0, 0.1) is 0 Å². The topological polar surface area (TPSA) is 35.0 Å². The van der Waals surface area contributed by atoms with Gasteiger partial charge in [-0.15, -0.1) is 13.2 Å². The van der Waals surface area contributed by atoms with Crippen LogP contribution in [0.5, 0.6) is 5.75 Å². The number of alkyl halides is 3. The molecular formula is C8H9F3N2O. The van der Waals surface area contributed by atoms with Crippen molar-refractivity contribution in [3.63, 3.8) is 0 Å². The normalized spacial score (nSPS) is 11.9. The third kappa shape index (κ3) is 2.86. The Morgan fingerprint density at radius 2 is 2.00 bits per heavy atom. The van der Waals surface area contributed by atoms with E-state index in [1.807, 2.05) is 0 Å². The van der Waals surface area contributed by atoms with Crippen LogP contribution < -0.4 is 4.74 Å². The summed E-state index contributed by atoms with van der Waals surface area (Å²) in [5, 5.41) is 0. The SMILES string of the molecule is CC(C)c1ncncc1OC(F)(F)F. The van der Waals surface area contributed by atoms with Crippen LogP contribution in [0.3, 0.4) is 0 Å². The van der Waals surface area contributed by atoms with Crippen molar-refractivity contribution in [3.8, 4) is 5.75 Å². The van der Waals surface area contributed by atoms with Crippen molar-refractivity contribution in [2.45, 2.75) is 26.1 Å². The maximum absolute atomic E-state index is 11.9. The van der Waals surface area contributed by atoms with E-state index in [9.17, 15) is 13.2 Å². The second kappa shape index (κ2) is 3.81. The van der Waals surface area contributed by atoms with Gasteiger partial charge in [-0.2, -0.15) is 0 Å². The average molecular weight is 206 g/mol. The zero-order chi connectivity index (χ0) is 10.8. The predicted molar refractivity (Wildman–Crippen MR) is 42.8 cm³/mol. The van der Waals surface area contributed by atoms with Gasteiger partial charge in [0.2, 0.25) is 0 Å². The molecule has 3 nitrogen and oxygen atoms in total. The highest BCUT2D eigenvalue weighted by Gasteiger charge is 2.32. The first-order valence-electron chi connectivity index (χ1n) is 3.96. The number of rotatable bonds is 2. The summed E-state index contributed by atoms with van der Waals surface area (Å²) in [5.74, 6) is -0.481. The van der Waals surface area contributed by atoms with Crippen LogP contribution in [0.1, 0.15) is 25.5 Å². The number of hydrogen-bond acceptors (Lipinski definition) is 3. The summed E-state index contributed by atoms with van der Waals surface area (Å²) in [6.07, 6.45) is -2.50. The summed E-state index contributed by atoms with van der Waals surface area (Å²) in [7, 11) is 0. The summed E-state index contributed by atoms with van der Waals surface area (Å²) in [6, 6.07) is 0. The zero-order valence-electron chi connectivity index (χ0n) is 7.67. The quantitative estimate of drug-likeness (QED) is 0.745. The smallest absolute Gasteiger partial charge is 0.402 e. The Kier molecular flexibility index (Phi) is 2.93. The molecule has 0 aliphatic carbocycles. The van der Waals surface area contributed by atoms with Gasteiger partial charge in [-0.25, -0.2) is 9.97 Å². The van der Waals surface area contributed by atoms with E-state index in [2.05, 4.69) is 14.7 Å². The lowest BCUT2D eigenvalue weighted by atomic mass is 10.1. The Morgan fingerprint density at radius 3 is 2.50 bits per heavy atom. The molecule has 0 aliphatic rings. The van der Waals surface area contributed by atoms with E-state index in [1.54, 1.807) is 13.8 Å². The van der Waals surface area contributed by atoms with Crippen LogP contribution >= 0.6 is 0 Å². The van der Waals surface area contributed by atoms with Gasteiger partial charge in [0.25, 0.3) is 0 Å².